The molecule has 2 aliphatic heterocycles. The van der Waals surface area contributed by atoms with Crippen LogP contribution in [0.1, 0.15) is 27.9 Å². The Bertz CT molecular complexity index is 1180. The molecule has 1 atom stereocenters. The van der Waals surface area contributed by atoms with Crippen molar-refractivity contribution in [3.8, 4) is 17.1 Å². The van der Waals surface area contributed by atoms with Gasteiger partial charge >= 0.3 is 6.03 Å². The molecular weight excluding hydrogens is 433 g/mol. The number of hydrogen-bond acceptors (Lipinski definition) is 7. The van der Waals surface area contributed by atoms with E-state index in [-0.39, 0.29) is 23.9 Å². The van der Waals surface area contributed by atoms with Gasteiger partial charge in [-0.15, -0.1) is 11.3 Å². The molecule has 166 valence electrons. The quantitative estimate of drug-likeness (QED) is 0.602. The maximum absolute atomic E-state index is 14.4. The second-order valence-electron chi connectivity index (χ2n) is 7.93. The lowest BCUT2D eigenvalue weighted by atomic mass is 10.1. The topological polar surface area (TPSA) is 88.7 Å². The van der Waals surface area contributed by atoms with Crippen molar-refractivity contribution < 1.29 is 13.9 Å². The number of nitrogens with zero attached hydrogens (tertiary/aromatic N) is 7. The van der Waals surface area contributed by atoms with Gasteiger partial charge in [0.1, 0.15) is 17.2 Å². The average molecular weight is 456 g/mol. The van der Waals surface area contributed by atoms with Crippen LogP contribution in [0.5, 0.6) is 5.75 Å². The van der Waals surface area contributed by atoms with Crippen LogP contribution in [-0.4, -0.2) is 61.1 Å². The Morgan fingerprint density at radius 1 is 1.22 bits per heavy atom. The molecule has 0 unspecified atom stereocenters. The van der Waals surface area contributed by atoms with E-state index in [4.69, 9.17) is 4.74 Å². The van der Waals surface area contributed by atoms with Crippen LogP contribution in [0.25, 0.3) is 11.4 Å². The van der Waals surface area contributed by atoms with Crippen LogP contribution in [0.2, 0.25) is 0 Å². The maximum Gasteiger partial charge on any atom is 0.341 e. The molecule has 0 bridgehead atoms. The predicted molar refractivity (Wildman–Crippen MR) is 117 cm³/mol. The summed E-state index contributed by atoms with van der Waals surface area (Å²) in [5.41, 5.74) is 2.32. The van der Waals surface area contributed by atoms with Gasteiger partial charge < -0.3 is 9.64 Å². The number of ether oxygens (including phenoxy) is 1. The van der Waals surface area contributed by atoms with Gasteiger partial charge in [0.05, 0.1) is 36.9 Å². The molecule has 32 heavy (non-hydrogen) atoms. The molecule has 0 aliphatic carbocycles. The Labute approximate surface area is 188 Å². The number of urea groups is 1. The third kappa shape index (κ3) is 3.62. The van der Waals surface area contributed by atoms with E-state index in [2.05, 4.69) is 20.2 Å². The van der Waals surface area contributed by atoms with Crippen LogP contribution in [-0.2, 0) is 7.05 Å². The number of rotatable bonds is 4. The summed E-state index contributed by atoms with van der Waals surface area (Å²) in [5, 5.41) is 10.8. The fourth-order valence-corrected chi connectivity index (χ4v) is 4.75. The van der Waals surface area contributed by atoms with E-state index in [9.17, 15) is 9.18 Å². The number of aromatic nitrogens is 4. The first-order valence-corrected chi connectivity index (χ1v) is 11.1. The zero-order valence-electron chi connectivity index (χ0n) is 17.9. The Balaban J connectivity index is 1.24. The van der Waals surface area contributed by atoms with E-state index < -0.39 is 5.82 Å². The van der Waals surface area contributed by atoms with E-state index in [1.165, 1.54) is 5.01 Å². The summed E-state index contributed by atoms with van der Waals surface area (Å²) in [5.74, 6) is -0.426. The molecule has 2 amide bonds. The number of likely N-dealkylation sites (tertiary alicyclic amines) is 1. The lowest BCUT2D eigenvalue weighted by molar-refractivity contribution is 0.0257. The molecule has 9 nitrogen and oxygen atoms in total. The number of hydrazone groups is 1. The van der Waals surface area contributed by atoms with Gasteiger partial charge in [0.15, 0.2) is 11.6 Å². The Kier molecular flexibility index (Phi) is 5.12. The van der Waals surface area contributed by atoms with Crippen LogP contribution < -0.4 is 4.74 Å². The summed E-state index contributed by atoms with van der Waals surface area (Å²) in [6, 6.07) is 1.21. The first-order chi connectivity index (χ1) is 15.4. The molecule has 3 aromatic heterocycles. The van der Waals surface area contributed by atoms with Gasteiger partial charge in [-0.25, -0.2) is 19.2 Å². The van der Waals surface area contributed by atoms with Gasteiger partial charge in [-0.05, 0) is 19.4 Å². The minimum atomic E-state index is -0.540. The van der Waals surface area contributed by atoms with Crippen molar-refractivity contribution >= 4 is 23.6 Å². The van der Waals surface area contributed by atoms with Gasteiger partial charge in [0.2, 0.25) is 0 Å². The number of halogens is 1. The Morgan fingerprint density at radius 2 is 2.03 bits per heavy atom. The smallest absolute Gasteiger partial charge is 0.341 e. The highest BCUT2D eigenvalue weighted by atomic mass is 32.1. The van der Waals surface area contributed by atoms with E-state index in [0.29, 0.717) is 25.2 Å². The fourth-order valence-electron chi connectivity index (χ4n) is 3.88. The molecule has 0 aromatic carbocycles. The summed E-state index contributed by atoms with van der Waals surface area (Å²) in [7, 11) is 1.81. The van der Waals surface area contributed by atoms with Gasteiger partial charge in [0, 0.05) is 36.8 Å². The zero-order valence-corrected chi connectivity index (χ0v) is 18.7. The molecule has 1 fully saturated rings. The molecule has 1 saturated heterocycles. The van der Waals surface area contributed by atoms with Crippen molar-refractivity contribution in [3.63, 3.8) is 0 Å². The number of pyridine rings is 1. The number of carbonyl (C=O) groups is 1. The van der Waals surface area contributed by atoms with E-state index in [1.807, 2.05) is 20.9 Å². The van der Waals surface area contributed by atoms with Crippen molar-refractivity contribution in [1.29, 1.82) is 0 Å². The van der Waals surface area contributed by atoms with Crippen LogP contribution in [0, 0.1) is 19.7 Å². The molecule has 11 heteroatoms. The second kappa shape index (κ2) is 7.97. The molecule has 3 aromatic rings. The summed E-state index contributed by atoms with van der Waals surface area (Å²) in [4.78, 5) is 24.3. The normalized spacial score (nSPS) is 18.3. The van der Waals surface area contributed by atoms with Gasteiger partial charge in [-0.1, -0.05) is 0 Å². The maximum atomic E-state index is 14.4. The average Bonchev–Trinajstić information content (AvgIpc) is 3.46. The van der Waals surface area contributed by atoms with E-state index >= 15 is 0 Å². The second-order valence-corrected chi connectivity index (χ2v) is 9.20. The van der Waals surface area contributed by atoms with Crippen molar-refractivity contribution in [2.75, 3.05) is 13.1 Å². The number of aryl methyl sites for hydroxylation is 3. The standard InChI is InChI=1S/C21H22FN7O2S/c1-12-7-26-27(3)19(12)16-6-18(15(22)9-23-16)31-14-10-28(11-14)21(30)29-17(4-5-25-29)20-24-8-13(2)32-20/h5-9,14,17H,4,10-11H2,1-3H3/t17-/m0/s1. The molecule has 0 radical (unpaired) electrons. The molecule has 0 spiro atoms. The SMILES string of the molecule is Cc1cnc([C@@H]2CC=NN2C(=O)N2CC(Oc3cc(-c4c(C)cnn4C)ncc3F)C2)s1. The van der Waals surface area contributed by atoms with Crippen LogP contribution in [0.15, 0.2) is 29.8 Å². The summed E-state index contributed by atoms with van der Waals surface area (Å²) >= 11 is 1.57. The molecular formula is C21H22FN7O2S. The molecule has 0 N–H and O–H groups in total. The molecule has 5 rings (SSSR count). The lowest BCUT2D eigenvalue weighted by Crippen LogP contribution is -2.58. The number of thiazole rings is 1. The van der Waals surface area contributed by atoms with Crippen LogP contribution in [0.3, 0.4) is 0 Å². The van der Waals surface area contributed by atoms with Gasteiger partial charge in [-0.3, -0.25) is 9.67 Å². The number of amides is 2. The van der Waals surface area contributed by atoms with Crippen molar-refractivity contribution in [2.45, 2.75) is 32.4 Å². The highest BCUT2D eigenvalue weighted by Crippen LogP contribution is 2.33. The number of hydrogen-bond donors (Lipinski definition) is 0. The summed E-state index contributed by atoms with van der Waals surface area (Å²) in [6.45, 7) is 4.62. The van der Waals surface area contributed by atoms with Gasteiger partial charge in [-0.2, -0.15) is 10.2 Å². The zero-order chi connectivity index (χ0) is 22.4. The van der Waals surface area contributed by atoms with Crippen molar-refractivity contribution in [3.05, 3.63) is 45.9 Å². The van der Waals surface area contributed by atoms with Gasteiger partial charge in [0.25, 0.3) is 0 Å². The summed E-state index contributed by atoms with van der Waals surface area (Å²) < 4.78 is 21.9. The number of carbonyl (C=O) groups excluding carboxylic acids is 1. The van der Waals surface area contributed by atoms with E-state index in [1.54, 1.807) is 45.6 Å². The third-order valence-corrected chi connectivity index (χ3v) is 6.56. The third-order valence-electron chi connectivity index (χ3n) is 5.55. The minimum absolute atomic E-state index is 0.114. The molecule has 5 heterocycles. The summed E-state index contributed by atoms with van der Waals surface area (Å²) in [6.07, 6.45) is 6.77. The predicted octanol–water partition coefficient (Wildman–Crippen LogP) is 3.31. The molecule has 2 aliphatic rings. The monoisotopic (exact) mass is 455 g/mol. The molecule has 0 saturated carbocycles. The van der Waals surface area contributed by atoms with Crippen molar-refractivity contribution in [2.24, 2.45) is 12.1 Å². The largest absolute Gasteiger partial charge is 0.483 e. The Morgan fingerprint density at radius 3 is 2.72 bits per heavy atom. The highest BCUT2D eigenvalue weighted by Gasteiger charge is 2.40. The highest BCUT2D eigenvalue weighted by molar-refractivity contribution is 7.11. The van der Waals surface area contributed by atoms with E-state index in [0.717, 1.165) is 27.3 Å². The minimum Gasteiger partial charge on any atom is -0.483 e. The fraction of sp³-hybridized carbons (Fsp3) is 0.381. The first kappa shape index (κ1) is 20.6. The first-order valence-electron chi connectivity index (χ1n) is 10.2. The van der Waals surface area contributed by atoms with Crippen LogP contribution in [0.4, 0.5) is 9.18 Å². The Hall–Kier alpha value is -3.34. The van der Waals surface area contributed by atoms with Crippen molar-refractivity contribution in [1.82, 2.24) is 29.7 Å². The van der Waals surface area contributed by atoms with Crippen LogP contribution >= 0.6 is 11.3 Å². The lowest BCUT2D eigenvalue weighted by Gasteiger charge is -2.40.